The van der Waals surface area contributed by atoms with E-state index >= 15 is 0 Å². The van der Waals surface area contributed by atoms with E-state index in [1.54, 1.807) is 6.20 Å². The van der Waals surface area contributed by atoms with E-state index in [1.807, 2.05) is 47.2 Å². The molecule has 0 aromatic heterocycles. The lowest BCUT2D eigenvalue weighted by Gasteiger charge is -2.14. The van der Waals surface area contributed by atoms with E-state index < -0.39 is 0 Å². The Hall–Kier alpha value is -1.11. The summed E-state index contributed by atoms with van der Waals surface area (Å²) in [5, 5.41) is 0.658. The summed E-state index contributed by atoms with van der Waals surface area (Å²) in [4.78, 5) is 4.30. The second kappa shape index (κ2) is 6.11. The summed E-state index contributed by atoms with van der Waals surface area (Å²) >= 11 is 8.64. The summed E-state index contributed by atoms with van der Waals surface area (Å²) in [6, 6.07) is 12.0. The van der Waals surface area contributed by atoms with Crippen molar-refractivity contribution in [1.82, 2.24) is 9.55 Å². The Morgan fingerprint density at radius 2 is 2.00 bits per heavy atom. The number of halogens is 2. The van der Waals surface area contributed by atoms with E-state index in [2.05, 4.69) is 27.6 Å². The molecule has 0 fully saturated rings. The monoisotopic (exact) mass is 398 g/mol. The zero-order chi connectivity index (χ0) is 13.9. The van der Waals surface area contributed by atoms with Gasteiger partial charge in [-0.15, -0.1) is 0 Å². The van der Waals surface area contributed by atoms with Crippen molar-refractivity contribution in [3.8, 4) is 11.3 Å². The molecule has 0 saturated heterocycles. The number of benzene rings is 1. The van der Waals surface area contributed by atoms with Crippen LogP contribution in [0.3, 0.4) is 0 Å². The van der Waals surface area contributed by atoms with E-state index in [-0.39, 0.29) is 0 Å². The summed E-state index contributed by atoms with van der Waals surface area (Å²) in [5.74, 6) is 0. The maximum absolute atomic E-state index is 6.38. The zero-order valence-corrected chi connectivity index (χ0v) is 13.5. The van der Waals surface area contributed by atoms with Gasteiger partial charge in [-0.25, -0.2) is 0 Å². The Kier molecular flexibility index (Phi) is 4.24. The minimum atomic E-state index is 0.421. The SMILES string of the molecule is Clc1c2ccnc-2c(I)cn1COCc1ccccc1. The number of aromatic nitrogens is 2. The summed E-state index contributed by atoms with van der Waals surface area (Å²) in [7, 11) is 0. The van der Waals surface area contributed by atoms with Crippen molar-refractivity contribution in [2.45, 2.75) is 13.3 Å². The summed E-state index contributed by atoms with van der Waals surface area (Å²) in [6.07, 6.45) is 3.73. The van der Waals surface area contributed by atoms with Crippen molar-refractivity contribution < 1.29 is 4.74 Å². The molecular formula is C15H12ClIN2O. The van der Waals surface area contributed by atoms with Gasteiger partial charge in [-0.2, -0.15) is 0 Å². The van der Waals surface area contributed by atoms with Crippen LogP contribution in [0.25, 0.3) is 11.3 Å². The number of nitrogens with zero attached hydrogens (tertiary/aromatic N) is 2. The van der Waals surface area contributed by atoms with Crippen molar-refractivity contribution in [2.75, 3.05) is 0 Å². The Bertz CT molecular complexity index is 684. The summed E-state index contributed by atoms with van der Waals surface area (Å²) in [6.45, 7) is 0.989. The molecule has 0 bridgehead atoms. The number of rotatable bonds is 4. The zero-order valence-electron chi connectivity index (χ0n) is 10.6. The smallest absolute Gasteiger partial charge is 0.124 e. The maximum Gasteiger partial charge on any atom is 0.124 e. The first-order valence-electron chi connectivity index (χ1n) is 6.16. The molecule has 1 aromatic carbocycles. The number of pyridine rings is 1. The average molecular weight is 399 g/mol. The molecule has 0 spiro atoms. The van der Waals surface area contributed by atoms with Crippen LogP contribution >= 0.6 is 34.2 Å². The largest absolute Gasteiger partial charge is 0.356 e. The van der Waals surface area contributed by atoms with E-state index in [0.717, 1.165) is 20.4 Å². The molecule has 0 atom stereocenters. The normalized spacial score (nSPS) is 11.1. The van der Waals surface area contributed by atoms with Crippen LogP contribution in [0, 0.1) is 3.57 Å². The van der Waals surface area contributed by atoms with E-state index in [1.165, 1.54) is 0 Å². The Balaban J connectivity index is 1.75. The van der Waals surface area contributed by atoms with Crippen molar-refractivity contribution in [3.05, 3.63) is 63.1 Å². The molecule has 3 rings (SSSR count). The highest BCUT2D eigenvalue weighted by Crippen LogP contribution is 2.32. The van der Waals surface area contributed by atoms with E-state index in [9.17, 15) is 0 Å². The maximum atomic E-state index is 6.38. The number of hydrogen-bond acceptors (Lipinski definition) is 2. The molecule has 0 radical (unpaired) electrons. The molecule has 2 aliphatic heterocycles. The fourth-order valence-corrected chi connectivity index (χ4v) is 3.05. The molecule has 3 nitrogen and oxygen atoms in total. The Morgan fingerprint density at radius 3 is 2.80 bits per heavy atom. The van der Waals surface area contributed by atoms with Gasteiger partial charge in [0.25, 0.3) is 0 Å². The topological polar surface area (TPSA) is 27.1 Å². The highest BCUT2D eigenvalue weighted by atomic mass is 127. The van der Waals surface area contributed by atoms with Gasteiger partial charge in [-0.3, -0.25) is 4.98 Å². The second-order valence-corrected chi connectivity index (χ2v) is 5.93. The highest BCUT2D eigenvalue weighted by Gasteiger charge is 2.15. The average Bonchev–Trinajstić information content (AvgIpc) is 2.95. The fraction of sp³-hybridized carbons (Fsp3) is 0.133. The van der Waals surface area contributed by atoms with Crippen LogP contribution in [-0.2, 0) is 18.1 Å². The molecule has 0 unspecified atom stereocenters. The van der Waals surface area contributed by atoms with Crippen molar-refractivity contribution in [2.24, 2.45) is 0 Å². The van der Waals surface area contributed by atoms with Crippen LogP contribution < -0.4 is 0 Å². The third-order valence-electron chi connectivity index (χ3n) is 3.01. The van der Waals surface area contributed by atoms with Gasteiger partial charge in [0.1, 0.15) is 11.9 Å². The summed E-state index contributed by atoms with van der Waals surface area (Å²) < 4.78 is 8.69. The molecule has 1 aromatic rings. The summed E-state index contributed by atoms with van der Waals surface area (Å²) in [5.41, 5.74) is 3.05. The van der Waals surface area contributed by atoms with E-state index in [4.69, 9.17) is 16.3 Å². The molecule has 20 heavy (non-hydrogen) atoms. The molecule has 5 heteroatoms. The first kappa shape index (κ1) is 13.9. The minimum Gasteiger partial charge on any atom is -0.356 e. The number of ether oxygens (including phenoxy) is 1. The van der Waals surface area contributed by atoms with Gasteiger partial charge >= 0.3 is 0 Å². The van der Waals surface area contributed by atoms with Crippen LogP contribution in [0.15, 0.2) is 48.8 Å². The van der Waals surface area contributed by atoms with Crippen LogP contribution in [-0.4, -0.2) is 9.55 Å². The third-order valence-corrected chi connectivity index (χ3v) is 4.22. The van der Waals surface area contributed by atoms with Gasteiger partial charge < -0.3 is 9.30 Å². The minimum absolute atomic E-state index is 0.421. The number of hydrogen-bond donors (Lipinski definition) is 0. The van der Waals surface area contributed by atoms with E-state index in [0.29, 0.717) is 18.5 Å². The standard InChI is InChI=1S/C15H12ClIN2O/c16-15-12-6-7-18-14(12)13(17)8-19(15)10-20-9-11-4-2-1-3-5-11/h1-8H,9-10H2. The number of fused-ring (bicyclic) bond motifs is 1. The van der Waals surface area contributed by atoms with Gasteiger partial charge in [0.15, 0.2) is 0 Å². The van der Waals surface area contributed by atoms with Gasteiger partial charge in [-0.1, -0.05) is 41.9 Å². The van der Waals surface area contributed by atoms with Crippen LogP contribution in [0.1, 0.15) is 5.56 Å². The van der Waals surface area contributed by atoms with Gasteiger partial charge in [0, 0.05) is 18.0 Å². The molecule has 0 N–H and O–H groups in total. The first-order valence-corrected chi connectivity index (χ1v) is 7.62. The second-order valence-electron chi connectivity index (χ2n) is 4.41. The quantitative estimate of drug-likeness (QED) is 0.480. The molecule has 0 amide bonds. The molecule has 0 saturated carbocycles. The molecular weight excluding hydrogens is 387 g/mol. The molecule has 102 valence electrons. The van der Waals surface area contributed by atoms with Crippen molar-refractivity contribution in [3.63, 3.8) is 0 Å². The highest BCUT2D eigenvalue weighted by molar-refractivity contribution is 14.1. The Labute approximate surface area is 136 Å². The molecule has 0 aliphatic carbocycles. The fourth-order valence-electron chi connectivity index (χ4n) is 2.03. The third kappa shape index (κ3) is 2.82. The van der Waals surface area contributed by atoms with Crippen LogP contribution in [0.5, 0.6) is 0 Å². The molecule has 2 aliphatic rings. The lowest BCUT2D eigenvalue weighted by molar-refractivity contribution is 0.0638. The van der Waals surface area contributed by atoms with Crippen LogP contribution in [0.4, 0.5) is 0 Å². The lowest BCUT2D eigenvalue weighted by Crippen LogP contribution is -2.07. The Morgan fingerprint density at radius 1 is 1.20 bits per heavy atom. The predicted octanol–water partition coefficient (Wildman–Crippen LogP) is 4.42. The van der Waals surface area contributed by atoms with Crippen molar-refractivity contribution >= 4 is 34.2 Å². The van der Waals surface area contributed by atoms with Crippen LogP contribution in [0.2, 0.25) is 5.15 Å². The lowest BCUT2D eigenvalue weighted by atomic mass is 10.2. The van der Waals surface area contributed by atoms with Gasteiger partial charge in [0.05, 0.1) is 15.9 Å². The first-order chi connectivity index (χ1) is 9.75. The predicted molar refractivity (Wildman–Crippen MR) is 87.8 cm³/mol. The van der Waals surface area contributed by atoms with Crippen molar-refractivity contribution in [1.29, 1.82) is 0 Å². The molecule has 2 heterocycles. The van der Waals surface area contributed by atoms with Gasteiger partial charge in [0.2, 0.25) is 0 Å². The van der Waals surface area contributed by atoms with Gasteiger partial charge in [-0.05, 0) is 34.2 Å².